The number of benzene rings is 2. The van der Waals surface area contributed by atoms with Crippen LogP contribution in [0, 0.1) is 0 Å². The maximum absolute atomic E-state index is 13.6. The van der Waals surface area contributed by atoms with Crippen LogP contribution in [-0.2, 0) is 39.7 Å². The molecule has 2 atom stereocenters. The maximum Gasteiger partial charge on any atom is 0.305 e. The summed E-state index contributed by atoms with van der Waals surface area (Å²) in [7, 11) is -4.06. The highest BCUT2D eigenvalue weighted by molar-refractivity contribution is 7.88. The number of hydrogen-bond donors (Lipinski definition) is 3. The van der Waals surface area contributed by atoms with E-state index in [2.05, 4.69) is 10.0 Å². The number of rotatable bonds is 10. The van der Waals surface area contributed by atoms with Crippen molar-refractivity contribution in [2.24, 2.45) is 0 Å². The standard InChI is InChI=1S/C24H26N4O8S/c1-16(30)27-12-19(26-37(35,36)15-17-7-3-2-4-8-17)24(34)28(21-10-6-5-9-20(21)27)13-22(31)25-18(14-29)11-23(32)33/h2-10,14,18-19,26H,11-13,15H2,1H3,(H,25,31)(H,32,33). The van der Waals surface area contributed by atoms with Crippen LogP contribution in [0.5, 0.6) is 0 Å². The van der Waals surface area contributed by atoms with E-state index in [9.17, 15) is 32.4 Å². The van der Waals surface area contributed by atoms with Gasteiger partial charge in [-0.15, -0.1) is 0 Å². The number of aliphatic carboxylic acids is 1. The van der Waals surface area contributed by atoms with Crippen molar-refractivity contribution in [3.05, 3.63) is 60.2 Å². The van der Waals surface area contributed by atoms with Crippen LogP contribution in [0.2, 0.25) is 0 Å². The van der Waals surface area contributed by atoms with Crippen molar-refractivity contribution < 1.29 is 37.5 Å². The fraction of sp³-hybridized carbons (Fsp3) is 0.292. The van der Waals surface area contributed by atoms with E-state index < -0.39 is 64.5 Å². The highest BCUT2D eigenvalue weighted by atomic mass is 32.2. The minimum atomic E-state index is -4.06. The molecule has 0 aromatic heterocycles. The molecule has 1 heterocycles. The number of aldehydes is 1. The first-order valence-electron chi connectivity index (χ1n) is 11.2. The molecule has 3 N–H and O–H groups in total. The molecule has 0 saturated carbocycles. The van der Waals surface area contributed by atoms with E-state index in [0.29, 0.717) is 5.56 Å². The van der Waals surface area contributed by atoms with Crippen LogP contribution >= 0.6 is 0 Å². The molecule has 3 amide bonds. The fourth-order valence-electron chi connectivity index (χ4n) is 3.90. The van der Waals surface area contributed by atoms with Crippen molar-refractivity contribution >= 4 is 51.4 Å². The summed E-state index contributed by atoms with van der Waals surface area (Å²) in [6.45, 7) is 0.287. The van der Waals surface area contributed by atoms with E-state index >= 15 is 0 Å². The number of amides is 3. The Morgan fingerprint density at radius 2 is 1.70 bits per heavy atom. The average molecular weight is 531 g/mol. The lowest BCUT2D eigenvalue weighted by atomic mass is 10.2. The molecule has 13 heteroatoms. The molecule has 37 heavy (non-hydrogen) atoms. The number of carbonyl (C=O) groups is 5. The molecule has 0 fully saturated rings. The van der Waals surface area contributed by atoms with Crippen molar-refractivity contribution in [3.63, 3.8) is 0 Å². The SMILES string of the molecule is CC(=O)N1CC(NS(=O)(=O)Cc2ccccc2)C(=O)N(CC(=O)NC(C=O)CC(=O)O)c2ccccc21. The summed E-state index contributed by atoms with van der Waals surface area (Å²) in [5.41, 5.74) is 0.930. The minimum absolute atomic E-state index is 0.170. The molecule has 2 aromatic carbocycles. The normalized spacial score (nSPS) is 16.4. The number of nitrogens with zero attached hydrogens (tertiary/aromatic N) is 2. The second-order valence-corrected chi connectivity index (χ2v) is 10.1. The van der Waals surface area contributed by atoms with Crippen LogP contribution in [0.1, 0.15) is 18.9 Å². The van der Waals surface area contributed by atoms with Crippen molar-refractivity contribution in [3.8, 4) is 0 Å². The van der Waals surface area contributed by atoms with Gasteiger partial charge in [-0.3, -0.25) is 24.1 Å². The first-order valence-corrected chi connectivity index (χ1v) is 12.8. The van der Waals surface area contributed by atoms with Gasteiger partial charge in [-0.1, -0.05) is 42.5 Å². The van der Waals surface area contributed by atoms with Crippen LogP contribution < -0.4 is 19.8 Å². The van der Waals surface area contributed by atoms with Gasteiger partial charge in [0.05, 0.1) is 36.1 Å². The zero-order valence-corrected chi connectivity index (χ0v) is 20.7. The summed E-state index contributed by atoms with van der Waals surface area (Å²) in [5.74, 6) is -3.83. The Kier molecular flexibility index (Phi) is 8.73. The van der Waals surface area contributed by atoms with Gasteiger partial charge < -0.3 is 20.1 Å². The Balaban J connectivity index is 1.93. The van der Waals surface area contributed by atoms with Gasteiger partial charge >= 0.3 is 5.97 Å². The van der Waals surface area contributed by atoms with E-state index in [1.807, 2.05) is 0 Å². The van der Waals surface area contributed by atoms with Crippen molar-refractivity contribution in [1.82, 2.24) is 10.0 Å². The first kappa shape index (κ1) is 27.5. The molecule has 0 radical (unpaired) electrons. The van der Waals surface area contributed by atoms with Gasteiger partial charge in [0.25, 0.3) is 0 Å². The largest absolute Gasteiger partial charge is 0.481 e. The van der Waals surface area contributed by atoms with Gasteiger partial charge in [0.15, 0.2) is 0 Å². The predicted octanol–water partition coefficient (Wildman–Crippen LogP) is 0.0327. The number of carboxylic acids is 1. The third-order valence-corrected chi connectivity index (χ3v) is 6.86. The number of anilines is 2. The summed E-state index contributed by atoms with van der Waals surface area (Å²) < 4.78 is 28.2. The Labute approximate surface area is 213 Å². The van der Waals surface area contributed by atoms with Crippen LogP contribution in [0.3, 0.4) is 0 Å². The minimum Gasteiger partial charge on any atom is -0.481 e. The third-order valence-electron chi connectivity index (χ3n) is 5.50. The van der Waals surface area contributed by atoms with Crippen LogP contribution in [0.25, 0.3) is 0 Å². The van der Waals surface area contributed by atoms with Crippen LogP contribution in [0.4, 0.5) is 11.4 Å². The Bertz CT molecular complexity index is 1300. The van der Waals surface area contributed by atoms with E-state index in [0.717, 1.165) is 4.90 Å². The molecule has 0 saturated heterocycles. The first-order chi connectivity index (χ1) is 17.5. The highest BCUT2D eigenvalue weighted by Crippen LogP contribution is 2.33. The zero-order chi connectivity index (χ0) is 27.2. The Morgan fingerprint density at radius 1 is 1.08 bits per heavy atom. The van der Waals surface area contributed by atoms with Gasteiger partial charge in [0.1, 0.15) is 18.9 Å². The zero-order valence-electron chi connectivity index (χ0n) is 19.9. The fourth-order valence-corrected chi connectivity index (χ4v) is 5.23. The van der Waals surface area contributed by atoms with Gasteiger partial charge in [0.2, 0.25) is 27.7 Å². The van der Waals surface area contributed by atoms with Gasteiger partial charge in [0, 0.05) is 6.92 Å². The summed E-state index contributed by atoms with van der Waals surface area (Å²) in [6, 6.07) is 11.8. The summed E-state index contributed by atoms with van der Waals surface area (Å²) in [4.78, 5) is 63.1. The number of fused-ring (bicyclic) bond motifs is 1. The Hall–Kier alpha value is -4.10. The monoisotopic (exact) mass is 530 g/mol. The predicted molar refractivity (Wildman–Crippen MR) is 133 cm³/mol. The summed E-state index contributed by atoms with van der Waals surface area (Å²) in [6.07, 6.45) is -0.387. The van der Waals surface area contributed by atoms with E-state index in [1.165, 1.54) is 17.9 Å². The molecule has 2 aromatic rings. The topological polar surface area (TPSA) is 170 Å². The number of carbonyl (C=O) groups excluding carboxylic acids is 4. The lowest BCUT2D eigenvalue weighted by molar-refractivity contribution is -0.139. The van der Waals surface area contributed by atoms with Crippen LogP contribution in [0.15, 0.2) is 54.6 Å². The van der Waals surface area contributed by atoms with Crippen molar-refractivity contribution in [1.29, 1.82) is 0 Å². The molecular weight excluding hydrogens is 504 g/mol. The van der Waals surface area contributed by atoms with E-state index in [4.69, 9.17) is 5.11 Å². The third kappa shape index (κ3) is 7.21. The molecule has 2 unspecified atom stereocenters. The molecule has 196 valence electrons. The maximum atomic E-state index is 13.6. The quantitative estimate of drug-likeness (QED) is 0.361. The molecule has 1 aliphatic rings. The number of carboxylic acid groups (broad SMARTS) is 1. The molecule has 0 spiro atoms. The summed E-state index contributed by atoms with van der Waals surface area (Å²) >= 11 is 0. The summed E-state index contributed by atoms with van der Waals surface area (Å²) in [5, 5.41) is 11.2. The number of hydrogen-bond acceptors (Lipinski definition) is 7. The highest BCUT2D eigenvalue weighted by Gasteiger charge is 2.38. The molecule has 0 aliphatic carbocycles. The van der Waals surface area contributed by atoms with E-state index in [1.54, 1.807) is 48.5 Å². The second-order valence-electron chi connectivity index (χ2n) is 8.37. The molecular formula is C24H26N4O8S. The number of para-hydroxylation sites is 2. The Morgan fingerprint density at radius 3 is 2.30 bits per heavy atom. The van der Waals surface area contributed by atoms with Crippen molar-refractivity contribution in [2.45, 2.75) is 31.2 Å². The van der Waals surface area contributed by atoms with E-state index in [-0.39, 0.29) is 24.2 Å². The van der Waals surface area contributed by atoms with Crippen molar-refractivity contribution in [2.75, 3.05) is 22.9 Å². The van der Waals surface area contributed by atoms with Gasteiger partial charge in [-0.2, -0.15) is 0 Å². The average Bonchev–Trinajstić information content (AvgIpc) is 2.94. The van der Waals surface area contributed by atoms with Gasteiger partial charge in [-0.25, -0.2) is 13.1 Å². The molecule has 3 rings (SSSR count). The lowest BCUT2D eigenvalue weighted by Crippen LogP contribution is -2.54. The molecule has 12 nitrogen and oxygen atoms in total. The lowest BCUT2D eigenvalue weighted by Gasteiger charge is -2.25. The molecule has 1 aliphatic heterocycles. The van der Waals surface area contributed by atoms with Crippen LogP contribution in [-0.4, -0.2) is 68.7 Å². The van der Waals surface area contributed by atoms with Gasteiger partial charge in [-0.05, 0) is 17.7 Å². The number of sulfonamides is 1. The second kappa shape index (κ2) is 11.8. The smallest absolute Gasteiger partial charge is 0.305 e. The number of nitrogens with one attached hydrogen (secondary N) is 2. The molecule has 0 bridgehead atoms.